The number of carbonyl (C=O) groups excluding carboxylic acids is 1. The lowest BCUT2D eigenvalue weighted by atomic mass is 9.84. The number of pyridine rings is 1. The van der Waals surface area contributed by atoms with Crippen molar-refractivity contribution in [3.63, 3.8) is 0 Å². The van der Waals surface area contributed by atoms with Gasteiger partial charge in [0.15, 0.2) is 0 Å². The first kappa shape index (κ1) is 13.3. The molecule has 0 saturated carbocycles. The highest BCUT2D eigenvalue weighted by molar-refractivity contribution is 9.10. The largest absolute Gasteiger partial charge is 0.348 e. The molecule has 5 heterocycles. The zero-order valence-electron chi connectivity index (χ0n) is 11.8. The van der Waals surface area contributed by atoms with Gasteiger partial charge in [-0.05, 0) is 66.0 Å². The molecule has 3 saturated heterocycles. The number of piperidine rings is 3. The number of rotatable bonds is 2. The van der Waals surface area contributed by atoms with Crippen LogP contribution in [0.25, 0.3) is 5.52 Å². The molecule has 21 heavy (non-hydrogen) atoms. The van der Waals surface area contributed by atoms with Gasteiger partial charge >= 0.3 is 0 Å². The highest BCUT2D eigenvalue weighted by Crippen LogP contribution is 2.27. The molecule has 0 aliphatic carbocycles. The Morgan fingerprint density at radius 2 is 2.05 bits per heavy atom. The second kappa shape index (κ2) is 5.14. The summed E-state index contributed by atoms with van der Waals surface area (Å²) < 4.78 is 2.99. The van der Waals surface area contributed by atoms with Crippen LogP contribution in [0.2, 0.25) is 0 Å². The van der Waals surface area contributed by atoms with Crippen LogP contribution in [0.1, 0.15) is 23.2 Å². The third kappa shape index (κ3) is 2.49. The molecule has 3 aliphatic rings. The smallest absolute Gasteiger partial charge is 0.253 e. The first-order valence-corrected chi connectivity index (χ1v) is 8.29. The highest BCUT2D eigenvalue weighted by Gasteiger charge is 2.35. The molecule has 2 aromatic heterocycles. The summed E-state index contributed by atoms with van der Waals surface area (Å²) in [6.07, 6.45) is 6.31. The Bertz CT molecular complexity index is 688. The Kier molecular flexibility index (Phi) is 3.27. The van der Waals surface area contributed by atoms with Crippen molar-refractivity contribution in [1.82, 2.24) is 14.6 Å². The fourth-order valence-corrected chi connectivity index (χ4v) is 3.94. The predicted molar refractivity (Wildman–Crippen MR) is 85.5 cm³/mol. The lowest BCUT2D eigenvalue weighted by Gasteiger charge is -2.44. The summed E-state index contributed by atoms with van der Waals surface area (Å²) in [6, 6.07) is 6.26. The van der Waals surface area contributed by atoms with Gasteiger partial charge in [-0.15, -0.1) is 0 Å². The van der Waals surface area contributed by atoms with Crippen LogP contribution in [-0.4, -0.2) is 40.9 Å². The molecule has 0 aromatic carbocycles. The lowest BCUT2D eigenvalue weighted by molar-refractivity contribution is 0.0620. The monoisotopic (exact) mass is 347 g/mol. The number of nitrogens with one attached hydrogen (secondary N) is 1. The van der Waals surface area contributed by atoms with Crippen molar-refractivity contribution < 1.29 is 4.79 Å². The van der Waals surface area contributed by atoms with E-state index in [-0.39, 0.29) is 5.91 Å². The van der Waals surface area contributed by atoms with E-state index in [1.807, 2.05) is 35.0 Å². The van der Waals surface area contributed by atoms with Crippen LogP contribution in [0, 0.1) is 5.92 Å². The van der Waals surface area contributed by atoms with E-state index in [9.17, 15) is 4.79 Å². The average Bonchev–Trinajstić information content (AvgIpc) is 2.91. The fourth-order valence-electron chi connectivity index (χ4n) is 3.59. The SMILES string of the molecule is O=C(NC1CN2CCC1CC2)c1cc2ccc(Br)cn2c1. The number of hydrogen-bond donors (Lipinski definition) is 1. The molecule has 1 amide bonds. The minimum Gasteiger partial charge on any atom is -0.348 e. The molecule has 5 rings (SSSR count). The maximum absolute atomic E-state index is 12.5. The summed E-state index contributed by atoms with van der Waals surface area (Å²) in [5.74, 6) is 0.707. The molecule has 1 unspecified atom stereocenters. The van der Waals surface area contributed by atoms with Crippen LogP contribution in [0.4, 0.5) is 0 Å². The van der Waals surface area contributed by atoms with Gasteiger partial charge in [-0.3, -0.25) is 4.79 Å². The van der Waals surface area contributed by atoms with E-state index in [0.29, 0.717) is 12.0 Å². The molecule has 3 fully saturated rings. The molecule has 3 aliphatic heterocycles. The van der Waals surface area contributed by atoms with E-state index in [0.717, 1.165) is 22.1 Å². The van der Waals surface area contributed by atoms with Crippen molar-refractivity contribution in [2.75, 3.05) is 19.6 Å². The van der Waals surface area contributed by atoms with Crippen LogP contribution in [0.5, 0.6) is 0 Å². The van der Waals surface area contributed by atoms with Gasteiger partial charge in [0.25, 0.3) is 5.91 Å². The van der Waals surface area contributed by atoms with E-state index in [1.54, 1.807) is 0 Å². The first-order valence-electron chi connectivity index (χ1n) is 7.49. The maximum Gasteiger partial charge on any atom is 0.253 e. The number of nitrogens with zero attached hydrogens (tertiary/aromatic N) is 2. The van der Waals surface area contributed by atoms with E-state index >= 15 is 0 Å². The average molecular weight is 348 g/mol. The first-order chi connectivity index (χ1) is 10.2. The second-order valence-electron chi connectivity index (χ2n) is 6.13. The van der Waals surface area contributed by atoms with Gasteiger partial charge in [-0.25, -0.2) is 0 Å². The van der Waals surface area contributed by atoms with Gasteiger partial charge in [0, 0.05) is 35.0 Å². The molecular formula is C16H18BrN3O. The van der Waals surface area contributed by atoms with Gasteiger partial charge in [0.2, 0.25) is 0 Å². The number of amides is 1. The zero-order valence-corrected chi connectivity index (χ0v) is 13.3. The summed E-state index contributed by atoms with van der Waals surface area (Å²) in [5.41, 5.74) is 1.78. The molecule has 4 nitrogen and oxygen atoms in total. The summed E-state index contributed by atoms with van der Waals surface area (Å²) >= 11 is 3.45. The van der Waals surface area contributed by atoms with Crippen LogP contribution in [-0.2, 0) is 0 Å². The van der Waals surface area contributed by atoms with Crippen LogP contribution in [0.15, 0.2) is 35.1 Å². The van der Waals surface area contributed by atoms with Crippen molar-refractivity contribution in [1.29, 1.82) is 0 Å². The zero-order chi connectivity index (χ0) is 14.4. The van der Waals surface area contributed by atoms with Gasteiger partial charge in [0.1, 0.15) is 0 Å². The molecule has 0 radical (unpaired) electrons. The Hall–Kier alpha value is -1.33. The third-order valence-electron chi connectivity index (χ3n) is 4.79. The number of hydrogen-bond acceptors (Lipinski definition) is 2. The normalized spacial score (nSPS) is 28.0. The van der Waals surface area contributed by atoms with Crippen molar-refractivity contribution in [2.45, 2.75) is 18.9 Å². The van der Waals surface area contributed by atoms with E-state index in [2.05, 4.69) is 26.1 Å². The minimum atomic E-state index is 0.0496. The second-order valence-corrected chi connectivity index (χ2v) is 7.04. The van der Waals surface area contributed by atoms with Gasteiger partial charge in [0.05, 0.1) is 5.56 Å². The van der Waals surface area contributed by atoms with E-state index < -0.39 is 0 Å². The number of carbonyl (C=O) groups is 1. The van der Waals surface area contributed by atoms with Crippen molar-refractivity contribution in [2.24, 2.45) is 5.92 Å². The molecule has 5 heteroatoms. The fraction of sp³-hybridized carbons (Fsp3) is 0.438. The Balaban J connectivity index is 1.53. The van der Waals surface area contributed by atoms with E-state index in [1.165, 1.54) is 25.9 Å². The third-order valence-corrected chi connectivity index (χ3v) is 5.26. The lowest BCUT2D eigenvalue weighted by Crippen LogP contribution is -2.57. The van der Waals surface area contributed by atoms with Crippen LogP contribution in [0.3, 0.4) is 0 Å². The van der Waals surface area contributed by atoms with Gasteiger partial charge in [-0.2, -0.15) is 0 Å². The van der Waals surface area contributed by atoms with Crippen LogP contribution < -0.4 is 5.32 Å². The quantitative estimate of drug-likeness (QED) is 0.906. The van der Waals surface area contributed by atoms with Gasteiger partial charge < -0.3 is 14.6 Å². The molecule has 1 N–H and O–H groups in total. The molecule has 110 valence electrons. The van der Waals surface area contributed by atoms with E-state index in [4.69, 9.17) is 0 Å². The molecule has 2 aromatic rings. The summed E-state index contributed by atoms with van der Waals surface area (Å²) in [5, 5.41) is 3.24. The number of fused-ring (bicyclic) bond motifs is 4. The van der Waals surface area contributed by atoms with Crippen molar-refractivity contribution in [3.8, 4) is 0 Å². The summed E-state index contributed by atoms with van der Waals surface area (Å²) in [6.45, 7) is 3.40. The van der Waals surface area contributed by atoms with Crippen molar-refractivity contribution in [3.05, 3.63) is 40.6 Å². The highest BCUT2D eigenvalue weighted by atomic mass is 79.9. The molecule has 1 atom stereocenters. The Morgan fingerprint density at radius 3 is 2.76 bits per heavy atom. The standard InChI is InChI=1S/C16H18BrN3O/c17-13-1-2-14-7-12(8-20(14)9-13)16(21)18-15-10-19-5-3-11(15)4-6-19/h1-2,7-9,11,15H,3-6,10H2,(H,18,21). The van der Waals surface area contributed by atoms with Crippen molar-refractivity contribution >= 4 is 27.4 Å². The minimum absolute atomic E-state index is 0.0496. The molecule has 2 bridgehead atoms. The van der Waals surface area contributed by atoms with Gasteiger partial charge in [-0.1, -0.05) is 0 Å². The number of aromatic nitrogens is 1. The predicted octanol–water partition coefficient (Wildman–Crippen LogP) is 2.53. The molecule has 0 spiro atoms. The Morgan fingerprint density at radius 1 is 1.24 bits per heavy atom. The number of halogens is 1. The summed E-state index contributed by atoms with van der Waals surface area (Å²) in [7, 11) is 0. The van der Waals surface area contributed by atoms with Crippen LogP contribution >= 0.6 is 15.9 Å². The Labute approximate surface area is 132 Å². The molecular weight excluding hydrogens is 330 g/mol. The summed E-state index contributed by atoms with van der Waals surface area (Å²) in [4.78, 5) is 14.9. The topological polar surface area (TPSA) is 36.8 Å². The maximum atomic E-state index is 12.5.